The van der Waals surface area contributed by atoms with E-state index in [9.17, 15) is 4.79 Å². The minimum absolute atomic E-state index is 0. The molecule has 2 rings (SSSR count). The summed E-state index contributed by atoms with van der Waals surface area (Å²) in [6.07, 6.45) is -0.567. The van der Waals surface area contributed by atoms with Crippen LogP contribution in [0.4, 0.5) is 5.69 Å². The lowest BCUT2D eigenvalue weighted by Gasteiger charge is -2.20. The summed E-state index contributed by atoms with van der Waals surface area (Å²) in [6, 6.07) is 12.1. The van der Waals surface area contributed by atoms with Crippen LogP contribution < -0.4 is 10.1 Å². The van der Waals surface area contributed by atoms with Crippen LogP contribution in [0.2, 0.25) is 0 Å². The topological polar surface area (TPSA) is 38.3 Å². The van der Waals surface area contributed by atoms with E-state index in [1.54, 1.807) is 6.92 Å². The molecule has 0 aliphatic heterocycles. The van der Waals surface area contributed by atoms with Gasteiger partial charge in [-0.3, -0.25) is 4.79 Å². The number of amides is 1. The zero-order valence-corrected chi connectivity index (χ0v) is 18.2. The van der Waals surface area contributed by atoms with Gasteiger partial charge in [0.05, 0.1) is 0 Å². The first kappa shape index (κ1) is 21.8. The number of nitrogens with one attached hydrogen (secondary N) is 1. The Labute approximate surface area is 170 Å². The first-order chi connectivity index (χ1) is 11.3. The number of hydrogen-bond donors (Lipinski definition) is 1. The summed E-state index contributed by atoms with van der Waals surface area (Å²) in [5, 5.41) is 2.95. The van der Waals surface area contributed by atoms with E-state index in [4.69, 9.17) is 4.74 Å². The number of rotatable bonds is 5. The quantitative estimate of drug-likeness (QED) is 0.552. The summed E-state index contributed by atoms with van der Waals surface area (Å²) in [7, 11) is 0. The first-order valence-electron chi connectivity index (χ1n) is 8.12. The summed E-state index contributed by atoms with van der Waals surface area (Å²) >= 11 is 2.26. The maximum Gasteiger partial charge on any atom is 0.265 e. The highest BCUT2D eigenvalue weighted by molar-refractivity contribution is 14.1. The Balaban J connectivity index is 0.00000312. The second kappa shape index (κ2) is 9.43. The first-order valence-corrected chi connectivity index (χ1v) is 9.20. The Kier molecular flexibility index (Phi) is 8.22. The van der Waals surface area contributed by atoms with Crippen molar-refractivity contribution in [3.05, 3.63) is 56.7 Å². The molecule has 0 radical (unpaired) electrons. The number of halogens is 2. The Morgan fingerprint density at radius 1 is 1.08 bits per heavy atom. The van der Waals surface area contributed by atoms with Crippen LogP contribution in [0.25, 0.3) is 0 Å². The van der Waals surface area contributed by atoms with Gasteiger partial charge in [-0.1, -0.05) is 26.0 Å². The van der Waals surface area contributed by atoms with Gasteiger partial charge in [-0.25, -0.2) is 0 Å². The fourth-order valence-electron chi connectivity index (χ4n) is 2.47. The average molecular weight is 474 g/mol. The lowest BCUT2D eigenvalue weighted by molar-refractivity contribution is -0.122. The van der Waals surface area contributed by atoms with Gasteiger partial charge in [0.2, 0.25) is 0 Å². The van der Waals surface area contributed by atoms with Crippen molar-refractivity contribution in [1.82, 2.24) is 0 Å². The molecule has 0 aliphatic carbocycles. The lowest BCUT2D eigenvalue weighted by Crippen LogP contribution is -2.30. The molecule has 0 saturated heterocycles. The zero-order valence-electron chi connectivity index (χ0n) is 15.2. The van der Waals surface area contributed by atoms with Crippen LogP contribution in [0.5, 0.6) is 5.75 Å². The number of benzene rings is 2. The van der Waals surface area contributed by atoms with Crippen molar-refractivity contribution in [2.45, 2.75) is 46.6 Å². The average Bonchev–Trinajstić information content (AvgIpc) is 2.49. The molecule has 0 bridgehead atoms. The van der Waals surface area contributed by atoms with Gasteiger partial charge in [0.15, 0.2) is 6.10 Å². The van der Waals surface area contributed by atoms with Crippen LogP contribution in [0.15, 0.2) is 36.4 Å². The van der Waals surface area contributed by atoms with Crippen molar-refractivity contribution < 1.29 is 9.53 Å². The molecule has 1 unspecified atom stereocenters. The molecule has 0 fully saturated rings. The third kappa shape index (κ3) is 5.89. The van der Waals surface area contributed by atoms with Crippen LogP contribution in [0.1, 0.15) is 43.4 Å². The molecule has 1 N–H and O–H groups in total. The minimum atomic E-state index is -0.567. The molecule has 136 valence electrons. The Hall–Kier alpha value is -1.27. The molecule has 25 heavy (non-hydrogen) atoms. The molecule has 0 saturated carbocycles. The van der Waals surface area contributed by atoms with Gasteiger partial charge in [0.25, 0.3) is 5.91 Å². The SMILES string of the molecule is Cc1ccc(C(C)C)c(OC(C)C(=O)Nc2ccc(I)cc2C)c1.Cl. The highest BCUT2D eigenvalue weighted by Gasteiger charge is 2.18. The van der Waals surface area contributed by atoms with Gasteiger partial charge in [-0.2, -0.15) is 0 Å². The predicted octanol–water partition coefficient (Wildman–Crippen LogP) is 5.86. The Bertz CT molecular complexity index is 746. The van der Waals surface area contributed by atoms with Gasteiger partial charge in [-0.05, 0) is 90.2 Å². The summed E-state index contributed by atoms with van der Waals surface area (Å²) in [4.78, 5) is 12.5. The number of aryl methyl sites for hydroxylation is 2. The summed E-state index contributed by atoms with van der Waals surface area (Å²) in [5.41, 5.74) is 4.10. The van der Waals surface area contributed by atoms with Crippen molar-refractivity contribution in [2.75, 3.05) is 5.32 Å². The predicted molar refractivity (Wildman–Crippen MR) is 115 cm³/mol. The number of anilines is 1. The number of ether oxygens (including phenoxy) is 1. The molecule has 2 aromatic carbocycles. The molecule has 0 spiro atoms. The van der Waals surface area contributed by atoms with Crippen molar-refractivity contribution >= 4 is 46.6 Å². The van der Waals surface area contributed by atoms with Crippen molar-refractivity contribution in [3.63, 3.8) is 0 Å². The van der Waals surface area contributed by atoms with E-state index in [1.807, 2.05) is 38.1 Å². The fourth-order valence-corrected chi connectivity index (χ4v) is 3.11. The van der Waals surface area contributed by atoms with Crippen LogP contribution in [-0.2, 0) is 4.79 Å². The highest BCUT2D eigenvalue weighted by atomic mass is 127. The molecule has 0 aliphatic rings. The standard InChI is InChI=1S/C20H24INO2.ClH/c1-12(2)17-8-6-13(3)10-19(17)24-15(5)20(23)22-18-9-7-16(21)11-14(18)4;/h6-12,15H,1-5H3,(H,22,23);1H. The normalized spacial score (nSPS) is 11.6. The summed E-state index contributed by atoms with van der Waals surface area (Å²) in [6.45, 7) is 10.0. The second-order valence-corrected chi connectivity index (χ2v) is 7.65. The van der Waals surface area contributed by atoms with Crippen molar-refractivity contribution in [1.29, 1.82) is 0 Å². The van der Waals surface area contributed by atoms with Gasteiger partial charge >= 0.3 is 0 Å². The van der Waals surface area contributed by atoms with Crippen molar-refractivity contribution in [2.24, 2.45) is 0 Å². The van der Waals surface area contributed by atoms with Gasteiger partial charge in [0, 0.05) is 9.26 Å². The third-order valence-corrected chi connectivity index (χ3v) is 4.58. The number of carbonyl (C=O) groups excluding carboxylic acids is 1. The molecule has 5 heteroatoms. The molecule has 1 atom stereocenters. The maximum absolute atomic E-state index is 12.5. The zero-order chi connectivity index (χ0) is 17.9. The van der Waals surface area contributed by atoms with E-state index in [1.165, 1.54) is 0 Å². The monoisotopic (exact) mass is 473 g/mol. The van der Waals surface area contributed by atoms with Crippen molar-refractivity contribution in [3.8, 4) is 5.75 Å². The highest BCUT2D eigenvalue weighted by Crippen LogP contribution is 2.28. The van der Waals surface area contributed by atoms with Gasteiger partial charge in [-0.15, -0.1) is 12.4 Å². The minimum Gasteiger partial charge on any atom is -0.481 e. The summed E-state index contributed by atoms with van der Waals surface area (Å²) in [5.74, 6) is 0.983. The second-order valence-electron chi connectivity index (χ2n) is 6.40. The van der Waals surface area contributed by atoms with Crippen LogP contribution in [-0.4, -0.2) is 12.0 Å². The molecular weight excluding hydrogens is 449 g/mol. The van der Waals surface area contributed by atoms with E-state index in [-0.39, 0.29) is 18.3 Å². The van der Waals surface area contributed by atoms with Crippen LogP contribution in [0.3, 0.4) is 0 Å². The fraction of sp³-hybridized carbons (Fsp3) is 0.350. The van der Waals surface area contributed by atoms with E-state index < -0.39 is 6.10 Å². The number of hydrogen-bond acceptors (Lipinski definition) is 2. The van der Waals surface area contributed by atoms with E-state index >= 15 is 0 Å². The lowest BCUT2D eigenvalue weighted by atomic mass is 10.0. The molecule has 2 aromatic rings. The van der Waals surface area contributed by atoms with E-state index in [2.05, 4.69) is 53.9 Å². The number of carbonyl (C=O) groups is 1. The smallest absolute Gasteiger partial charge is 0.265 e. The van der Waals surface area contributed by atoms with Crippen LogP contribution >= 0.6 is 35.0 Å². The molecule has 3 nitrogen and oxygen atoms in total. The van der Waals surface area contributed by atoms with E-state index in [0.29, 0.717) is 5.92 Å². The summed E-state index contributed by atoms with van der Waals surface area (Å²) < 4.78 is 7.12. The molecule has 1 amide bonds. The third-order valence-electron chi connectivity index (χ3n) is 3.91. The van der Waals surface area contributed by atoms with E-state index in [0.717, 1.165) is 31.7 Å². The van der Waals surface area contributed by atoms with Gasteiger partial charge < -0.3 is 10.1 Å². The molecule has 0 heterocycles. The molecule has 0 aromatic heterocycles. The Morgan fingerprint density at radius 3 is 2.36 bits per heavy atom. The maximum atomic E-state index is 12.5. The van der Waals surface area contributed by atoms with Gasteiger partial charge in [0.1, 0.15) is 5.75 Å². The Morgan fingerprint density at radius 2 is 1.76 bits per heavy atom. The van der Waals surface area contributed by atoms with Crippen LogP contribution in [0, 0.1) is 17.4 Å². The molecular formula is C20H25ClINO2. The largest absolute Gasteiger partial charge is 0.481 e.